The molecule has 83 heavy (non-hydrogen) atoms. The Hall–Kier alpha value is -6.01. The van der Waals surface area contributed by atoms with E-state index in [1.165, 1.54) is 12.8 Å². The maximum atomic E-state index is 12.8. The van der Waals surface area contributed by atoms with Crippen LogP contribution >= 0.6 is 0 Å². The summed E-state index contributed by atoms with van der Waals surface area (Å²) in [6, 6.07) is 0. The number of carbonyl (C=O) groups excluding carboxylic acids is 3. The fourth-order valence-electron chi connectivity index (χ4n) is 7.99. The van der Waals surface area contributed by atoms with Gasteiger partial charge in [-0.1, -0.05) is 279 Å². The van der Waals surface area contributed by atoms with Gasteiger partial charge >= 0.3 is 17.9 Å². The van der Waals surface area contributed by atoms with Crippen molar-refractivity contribution in [3.8, 4) is 0 Å². The number of esters is 3. The Bertz CT molecular complexity index is 2030. The summed E-state index contributed by atoms with van der Waals surface area (Å²) in [5.74, 6) is -1.02. The minimum Gasteiger partial charge on any atom is -0.462 e. The van der Waals surface area contributed by atoms with Crippen LogP contribution in [-0.4, -0.2) is 37.2 Å². The van der Waals surface area contributed by atoms with Crippen LogP contribution in [0, 0.1) is 0 Å². The Morgan fingerprint density at radius 2 is 0.482 bits per heavy atom. The minimum absolute atomic E-state index is 0.117. The summed E-state index contributed by atoms with van der Waals surface area (Å²) in [7, 11) is 0. The summed E-state index contributed by atoms with van der Waals surface area (Å²) < 4.78 is 16.7. The Balaban J connectivity index is 4.25. The largest absolute Gasteiger partial charge is 0.462 e. The predicted octanol–water partition coefficient (Wildman–Crippen LogP) is 22.8. The van der Waals surface area contributed by atoms with Gasteiger partial charge in [0.05, 0.1) is 0 Å². The first-order valence-corrected chi connectivity index (χ1v) is 32.6. The summed E-state index contributed by atoms with van der Waals surface area (Å²) in [5, 5.41) is 0. The zero-order valence-corrected chi connectivity index (χ0v) is 52.6. The third kappa shape index (κ3) is 66.7. The molecule has 460 valence electrons. The van der Waals surface area contributed by atoms with Gasteiger partial charge in [0.15, 0.2) is 6.10 Å². The van der Waals surface area contributed by atoms with Crippen molar-refractivity contribution in [1.29, 1.82) is 0 Å². The molecule has 0 radical (unpaired) electrons. The van der Waals surface area contributed by atoms with Crippen molar-refractivity contribution in [3.63, 3.8) is 0 Å². The van der Waals surface area contributed by atoms with Gasteiger partial charge < -0.3 is 14.2 Å². The average molecular weight is 1140 g/mol. The number of hydrogen-bond donors (Lipinski definition) is 0. The number of rotatable bonds is 56. The van der Waals surface area contributed by atoms with Crippen LogP contribution in [0.2, 0.25) is 0 Å². The SMILES string of the molecule is CC/C=C\C/C=C\C/C=C\C/C=C\C/C=C\C/C=C\C/C=C\C/C=C\C/C=C\CCCC(=O)OC(COC(=O)CCCCCCC)COC(=O)CCCCCCCC/C=C\C/C=C\C/C=C\C/C=C\C/C=C\C/C=C\C/C=C\C/C=C\CC. The summed E-state index contributed by atoms with van der Waals surface area (Å²) in [6.45, 7) is 6.24. The van der Waals surface area contributed by atoms with Gasteiger partial charge in [-0.2, -0.15) is 0 Å². The van der Waals surface area contributed by atoms with Gasteiger partial charge in [-0.25, -0.2) is 0 Å². The van der Waals surface area contributed by atoms with Gasteiger partial charge in [0, 0.05) is 19.3 Å². The molecule has 0 aliphatic rings. The standard InChI is InChI=1S/C77H116O6/c1-4-7-10-13-15-17-19-21-23-25-27-29-31-33-35-37-38-40-41-43-45-47-49-51-53-55-57-59-61-64-67-70-76(79)82-73-74(72-81-75(78)69-66-63-12-9-6-3)83-77(80)71-68-65-62-60-58-56-54-52-50-48-46-44-42-39-36-34-32-30-28-26-24-22-20-18-16-14-11-8-5-2/h7-8,10-11,15-18,21-24,27-30,33-36,38,40,42-45,48-51,54,56,60,62,74H,4-6,9,12-14,19-20,25-26,31-32,37,39,41,46-47,52-53,55,57-59,61,63-73H2,1-3H3/b10-7-,11-8-,17-15-,18-16-,23-21-,24-22-,29-27-,30-28-,35-33-,36-34-,40-38-,44-42-,45-43-,50-48-,51-49-,56-54-,62-60-. The molecule has 1 atom stereocenters. The molecule has 0 aromatic heterocycles. The van der Waals surface area contributed by atoms with Crippen molar-refractivity contribution in [1.82, 2.24) is 0 Å². The van der Waals surface area contributed by atoms with Gasteiger partial charge in [0.25, 0.3) is 0 Å². The third-order valence-electron chi connectivity index (χ3n) is 12.8. The van der Waals surface area contributed by atoms with E-state index >= 15 is 0 Å². The second-order valence-electron chi connectivity index (χ2n) is 20.6. The lowest BCUT2D eigenvalue weighted by Gasteiger charge is -2.18. The first-order chi connectivity index (χ1) is 41.0. The number of unbranched alkanes of at least 4 members (excludes halogenated alkanes) is 11. The van der Waals surface area contributed by atoms with Gasteiger partial charge in [-0.3, -0.25) is 14.4 Å². The predicted molar refractivity (Wildman–Crippen MR) is 361 cm³/mol. The lowest BCUT2D eigenvalue weighted by Crippen LogP contribution is -2.30. The molecule has 0 aromatic rings. The Morgan fingerprint density at radius 3 is 0.771 bits per heavy atom. The Kier molecular flexibility index (Phi) is 63.5. The van der Waals surface area contributed by atoms with Crippen LogP contribution in [-0.2, 0) is 28.6 Å². The van der Waals surface area contributed by atoms with Crippen molar-refractivity contribution < 1.29 is 28.6 Å². The molecule has 0 N–H and O–H groups in total. The number of allylic oxidation sites excluding steroid dienone is 34. The minimum atomic E-state index is -0.825. The normalized spacial score (nSPS) is 13.5. The molecule has 0 saturated carbocycles. The molecule has 6 nitrogen and oxygen atoms in total. The molecular weight excluding hydrogens is 1020 g/mol. The van der Waals surface area contributed by atoms with E-state index in [0.717, 1.165) is 180 Å². The summed E-state index contributed by atoms with van der Waals surface area (Å²) in [4.78, 5) is 37.9. The molecule has 0 saturated heterocycles. The maximum absolute atomic E-state index is 12.8. The van der Waals surface area contributed by atoms with Crippen molar-refractivity contribution in [2.75, 3.05) is 13.2 Å². The highest BCUT2D eigenvalue weighted by Gasteiger charge is 2.19. The summed E-state index contributed by atoms with van der Waals surface area (Å²) in [6.07, 6.45) is 106. The molecule has 0 amide bonds. The first-order valence-electron chi connectivity index (χ1n) is 32.6. The molecule has 0 aliphatic heterocycles. The average Bonchev–Trinajstić information content (AvgIpc) is 3.48. The molecular formula is C77H116O6. The van der Waals surface area contributed by atoms with E-state index in [9.17, 15) is 14.4 Å². The van der Waals surface area contributed by atoms with E-state index in [0.29, 0.717) is 19.3 Å². The van der Waals surface area contributed by atoms with E-state index in [1.54, 1.807) is 0 Å². The maximum Gasteiger partial charge on any atom is 0.306 e. The van der Waals surface area contributed by atoms with Crippen LogP contribution in [0.3, 0.4) is 0 Å². The van der Waals surface area contributed by atoms with Gasteiger partial charge in [-0.15, -0.1) is 0 Å². The van der Waals surface area contributed by atoms with Crippen LogP contribution in [0.1, 0.15) is 239 Å². The lowest BCUT2D eigenvalue weighted by molar-refractivity contribution is -0.167. The second kappa shape index (κ2) is 68.5. The van der Waals surface area contributed by atoms with Crippen LogP contribution in [0.4, 0.5) is 0 Å². The van der Waals surface area contributed by atoms with E-state index in [1.807, 2.05) is 0 Å². The monoisotopic (exact) mass is 1140 g/mol. The summed E-state index contributed by atoms with van der Waals surface area (Å²) in [5.41, 5.74) is 0. The molecule has 0 rings (SSSR count). The molecule has 0 bridgehead atoms. The zero-order valence-electron chi connectivity index (χ0n) is 52.6. The highest BCUT2D eigenvalue weighted by molar-refractivity contribution is 5.71. The zero-order chi connectivity index (χ0) is 59.9. The first kappa shape index (κ1) is 77.0. The molecule has 0 aromatic carbocycles. The van der Waals surface area contributed by atoms with Gasteiger partial charge in [0.2, 0.25) is 0 Å². The third-order valence-corrected chi connectivity index (χ3v) is 12.8. The fourth-order valence-corrected chi connectivity index (χ4v) is 7.99. The molecule has 0 fully saturated rings. The highest BCUT2D eigenvalue weighted by atomic mass is 16.6. The molecule has 0 heterocycles. The van der Waals surface area contributed by atoms with E-state index in [4.69, 9.17) is 14.2 Å². The van der Waals surface area contributed by atoms with E-state index in [-0.39, 0.29) is 37.5 Å². The fraction of sp³-hybridized carbons (Fsp3) is 0.519. The topological polar surface area (TPSA) is 78.9 Å². The van der Waals surface area contributed by atoms with Crippen LogP contribution in [0.25, 0.3) is 0 Å². The van der Waals surface area contributed by atoms with Crippen molar-refractivity contribution in [3.05, 3.63) is 207 Å². The van der Waals surface area contributed by atoms with Gasteiger partial charge in [-0.05, 0) is 148 Å². The van der Waals surface area contributed by atoms with E-state index < -0.39 is 6.10 Å². The quantitative estimate of drug-likeness (QED) is 0.0261. The number of hydrogen-bond acceptors (Lipinski definition) is 6. The smallest absolute Gasteiger partial charge is 0.306 e. The van der Waals surface area contributed by atoms with Gasteiger partial charge in [0.1, 0.15) is 13.2 Å². The molecule has 6 heteroatoms. The van der Waals surface area contributed by atoms with Crippen molar-refractivity contribution in [2.45, 2.75) is 245 Å². The summed E-state index contributed by atoms with van der Waals surface area (Å²) >= 11 is 0. The van der Waals surface area contributed by atoms with Crippen molar-refractivity contribution >= 4 is 17.9 Å². The lowest BCUT2D eigenvalue weighted by atomic mass is 10.1. The number of ether oxygens (including phenoxy) is 3. The Morgan fingerprint density at radius 1 is 0.253 bits per heavy atom. The van der Waals surface area contributed by atoms with Crippen LogP contribution < -0.4 is 0 Å². The highest BCUT2D eigenvalue weighted by Crippen LogP contribution is 2.12. The molecule has 0 spiro atoms. The van der Waals surface area contributed by atoms with E-state index in [2.05, 4.69) is 227 Å². The number of carbonyl (C=O) groups is 3. The molecule has 1 unspecified atom stereocenters. The van der Waals surface area contributed by atoms with Crippen molar-refractivity contribution in [2.24, 2.45) is 0 Å². The van der Waals surface area contributed by atoms with Crippen LogP contribution in [0.15, 0.2) is 207 Å². The molecule has 0 aliphatic carbocycles. The van der Waals surface area contributed by atoms with Crippen LogP contribution in [0.5, 0.6) is 0 Å². The Labute approximate surface area is 509 Å². The second-order valence-corrected chi connectivity index (χ2v) is 20.6.